The predicted molar refractivity (Wildman–Crippen MR) is 107 cm³/mol. The standard InChI is InChI=1S/C21H22N4O4/c1-28-16-9-5-3-7-14(16)11-22-20(26)18-19(25-13-24-18)21(27)23-12-15-8-4-6-10-17(15)29-2/h3-10,13H,11-12H2,1-2H3,(H,22,26)(H,23,27)(H,24,25). The number of aromatic amines is 1. The molecule has 150 valence electrons. The Morgan fingerprint density at radius 2 is 1.38 bits per heavy atom. The third-order valence-corrected chi connectivity index (χ3v) is 4.35. The maximum Gasteiger partial charge on any atom is 0.272 e. The minimum Gasteiger partial charge on any atom is -0.496 e. The van der Waals surface area contributed by atoms with E-state index in [2.05, 4.69) is 20.6 Å². The van der Waals surface area contributed by atoms with E-state index < -0.39 is 11.8 Å². The lowest BCUT2D eigenvalue weighted by atomic mass is 10.2. The summed E-state index contributed by atoms with van der Waals surface area (Å²) in [6.07, 6.45) is 1.32. The number of nitrogens with zero attached hydrogens (tertiary/aromatic N) is 1. The number of hydrogen-bond donors (Lipinski definition) is 3. The van der Waals surface area contributed by atoms with Gasteiger partial charge in [0.15, 0.2) is 5.69 Å². The SMILES string of the molecule is COc1ccccc1CNC(=O)c1nc[nH]c1C(=O)NCc1ccccc1OC. The number of para-hydroxylation sites is 2. The molecule has 0 saturated heterocycles. The highest BCUT2D eigenvalue weighted by Gasteiger charge is 2.20. The Hall–Kier alpha value is -3.81. The molecule has 0 aliphatic heterocycles. The second-order valence-electron chi connectivity index (χ2n) is 6.12. The van der Waals surface area contributed by atoms with Crippen LogP contribution in [0.5, 0.6) is 11.5 Å². The lowest BCUT2D eigenvalue weighted by molar-refractivity contribution is 0.0911. The van der Waals surface area contributed by atoms with Crippen molar-refractivity contribution in [2.45, 2.75) is 13.1 Å². The normalized spacial score (nSPS) is 10.3. The molecular weight excluding hydrogens is 372 g/mol. The lowest BCUT2D eigenvalue weighted by Crippen LogP contribution is -2.29. The van der Waals surface area contributed by atoms with E-state index in [4.69, 9.17) is 9.47 Å². The summed E-state index contributed by atoms with van der Waals surface area (Å²) < 4.78 is 10.6. The molecule has 3 rings (SSSR count). The summed E-state index contributed by atoms with van der Waals surface area (Å²) in [6.45, 7) is 0.502. The quantitative estimate of drug-likeness (QED) is 0.544. The molecule has 3 aromatic rings. The van der Waals surface area contributed by atoms with Crippen LogP contribution < -0.4 is 20.1 Å². The van der Waals surface area contributed by atoms with Gasteiger partial charge in [0.25, 0.3) is 11.8 Å². The summed E-state index contributed by atoms with van der Waals surface area (Å²) in [6, 6.07) is 14.7. The van der Waals surface area contributed by atoms with Gasteiger partial charge in [0.05, 0.1) is 20.5 Å². The summed E-state index contributed by atoms with van der Waals surface area (Å²) >= 11 is 0. The average molecular weight is 394 g/mol. The fourth-order valence-corrected chi connectivity index (χ4v) is 2.86. The Labute approximate surface area is 168 Å². The van der Waals surface area contributed by atoms with Gasteiger partial charge >= 0.3 is 0 Å². The van der Waals surface area contributed by atoms with Crippen molar-refractivity contribution in [1.82, 2.24) is 20.6 Å². The van der Waals surface area contributed by atoms with E-state index in [1.807, 2.05) is 48.5 Å². The zero-order valence-electron chi connectivity index (χ0n) is 16.2. The van der Waals surface area contributed by atoms with Crippen LogP contribution in [0.15, 0.2) is 54.9 Å². The molecule has 0 fully saturated rings. The molecule has 8 heteroatoms. The van der Waals surface area contributed by atoms with Crippen molar-refractivity contribution in [2.75, 3.05) is 14.2 Å². The summed E-state index contributed by atoms with van der Waals surface area (Å²) in [5, 5.41) is 5.54. The van der Waals surface area contributed by atoms with Crippen LogP contribution in [0, 0.1) is 0 Å². The zero-order valence-corrected chi connectivity index (χ0v) is 16.2. The van der Waals surface area contributed by atoms with Crippen molar-refractivity contribution >= 4 is 11.8 Å². The van der Waals surface area contributed by atoms with Crippen LogP contribution in [0.4, 0.5) is 0 Å². The molecule has 0 aliphatic rings. The molecule has 0 atom stereocenters. The molecular formula is C21H22N4O4. The van der Waals surface area contributed by atoms with Gasteiger partial charge in [-0.25, -0.2) is 4.98 Å². The van der Waals surface area contributed by atoms with Crippen molar-refractivity contribution in [2.24, 2.45) is 0 Å². The van der Waals surface area contributed by atoms with Gasteiger partial charge in [0.1, 0.15) is 17.2 Å². The van der Waals surface area contributed by atoms with E-state index in [1.54, 1.807) is 14.2 Å². The van der Waals surface area contributed by atoms with Gasteiger partial charge in [0.2, 0.25) is 0 Å². The van der Waals surface area contributed by atoms with E-state index in [-0.39, 0.29) is 24.5 Å². The number of benzene rings is 2. The lowest BCUT2D eigenvalue weighted by Gasteiger charge is -2.10. The van der Waals surface area contributed by atoms with E-state index in [0.29, 0.717) is 11.5 Å². The topological polar surface area (TPSA) is 105 Å². The number of methoxy groups -OCH3 is 2. The number of nitrogens with one attached hydrogen (secondary N) is 3. The summed E-state index contributed by atoms with van der Waals surface area (Å²) in [7, 11) is 3.14. The van der Waals surface area contributed by atoms with E-state index >= 15 is 0 Å². The van der Waals surface area contributed by atoms with Crippen LogP contribution in [-0.4, -0.2) is 36.0 Å². The van der Waals surface area contributed by atoms with Crippen LogP contribution in [0.25, 0.3) is 0 Å². The van der Waals surface area contributed by atoms with Gasteiger partial charge < -0.3 is 25.1 Å². The van der Waals surface area contributed by atoms with Gasteiger partial charge in [-0.2, -0.15) is 0 Å². The van der Waals surface area contributed by atoms with Crippen LogP contribution in [0.3, 0.4) is 0 Å². The maximum absolute atomic E-state index is 12.6. The first kappa shape index (κ1) is 19.9. The van der Waals surface area contributed by atoms with Gasteiger partial charge in [-0.3, -0.25) is 9.59 Å². The van der Waals surface area contributed by atoms with Gasteiger partial charge in [-0.05, 0) is 12.1 Å². The molecule has 1 aromatic heterocycles. The number of rotatable bonds is 8. The Bertz CT molecular complexity index is 922. The minimum absolute atomic E-state index is 0.0254. The third kappa shape index (κ3) is 4.73. The number of ether oxygens (including phenoxy) is 2. The van der Waals surface area contributed by atoms with Crippen LogP contribution in [-0.2, 0) is 13.1 Å². The van der Waals surface area contributed by atoms with E-state index in [0.717, 1.165) is 11.1 Å². The van der Waals surface area contributed by atoms with Crippen LogP contribution >= 0.6 is 0 Å². The molecule has 3 N–H and O–H groups in total. The molecule has 8 nitrogen and oxygen atoms in total. The molecule has 0 bridgehead atoms. The molecule has 2 aromatic carbocycles. The molecule has 0 radical (unpaired) electrons. The number of carbonyl (C=O) groups is 2. The molecule has 0 spiro atoms. The largest absolute Gasteiger partial charge is 0.496 e. The second-order valence-corrected chi connectivity index (χ2v) is 6.12. The van der Waals surface area contributed by atoms with Crippen molar-refractivity contribution in [1.29, 1.82) is 0 Å². The Morgan fingerprint density at radius 1 is 0.862 bits per heavy atom. The average Bonchev–Trinajstić information content (AvgIpc) is 3.26. The maximum atomic E-state index is 12.6. The van der Waals surface area contributed by atoms with Crippen LogP contribution in [0.2, 0.25) is 0 Å². The van der Waals surface area contributed by atoms with Crippen molar-refractivity contribution in [3.8, 4) is 11.5 Å². The number of imidazole rings is 1. The summed E-state index contributed by atoms with van der Waals surface area (Å²) in [5.74, 6) is 0.451. The van der Waals surface area contributed by atoms with Crippen LogP contribution in [0.1, 0.15) is 32.1 Å². The van der Waals surface area contributed by atoms with Gasteiger partial charge in [-0.15, -0.1) is 0 Å². The number of hydrogen-bond acceptors (Lipinski definition) is 5. The molecule has 1 heterocycles. The Balaban J connectivity index is 1.65. The highest BCUT2D eigenvalue weighted by Crippen LogP contribution is 2.18. The summed E-state index contributed by atoms with van der Waals surface area (Å²) in [4.78, 5) is 31.8. The van der Waals surface area contributed by atoms with Crippen molar-refractivity contribution < 1.29 is 19.1 Å². The molecule has 29 heavy (non-hydrogen) atoms. The molecule has 0 saturated carbocycles. The minimum atomic E-state index is -0.459. The first-order valence-electron chi connectivity index (χ1n) is 8.97. The fourth-order valence-electron chi connectivity index (χ4n) is 2.86. The fraction of sp³-hybridized carbons (Fsp3) is 0.190. The predicted octanol–water partition coefficient (Wildman–Crippen LogP) is 2.29. The van der Waals surface area contributed by atoms with Crippen molar-refractivity contribution in [3.63, 3.8) is 0 Å². The monoisotopic (exact) mass is 394 g/mol. The Morgan fingerprint density at radius 3 is 1.93 bits per heavy atom. The van der Waals surface area contributed by atoms with Gasteiger partial charge in [-0.1, -0.05) is 36.4 Å². The molecule has 2 amide bonds. The molecule has 0 aliphatic carbocycles. The highest BCUT2D eigenvalue weighted by atomic mass is 16.5. The van der Waals surface area contributed by atoms with Gasteiger partial charge in [0, 0.05) is 24.2 Å². The van der Waals surface area contributed by atoms with E-state index in [9.17, 15) is 9.59 Å². The van der Waals surface area contributed by atoms with Crippen molar-refractivity contribution in [3.05, 3.63) is 77.4 Å². The highest BCUT2D eigenvalue weighted by molar-refractivity contribution is 6.04. The second kappa shape index (κ2) is 9.41. The smallest absolute Gasteiger partial charge is 0.272 e. The Kier molecular flexibility index (Phi) is 6.47. The van der Waals surface area contributed by atoms with E-state index in [1.165, 1.54) is 6.33 Å². The first-order valence-corrected chi connectivity index (χ1v) is 8.97. The number of amides is 2. The summed E-state index contributed by atoms with van der Waals surface area (Å²) in [5.41, 5.74) is 1.76. The number of carbonyl (C=O) groups excluding carboxylic acids is 2. The zero-order chi connectivity index (χ0) is 20.6. The third-order valence-electron chi connectivity index (χ3n) is 4.35. The number of aromatic nitrogens is 2. The number of H-pyrrole nitrogens is 1. The molecule has 0 unspecified atom stereocenters. The first-order chi connectivity index (χ1) is 14.1.